The Hall–Kier alpha value is -1.82. The zero-order valence-electron chi connectivity index (χ0n) is 13.9. The molecule has 0 aliphatic carbocycles. The first-order valence-electron chi connectivity index (χ1n) is 8.03. The van der Waals surface area contributed by atoms with Crippen molar-refractivity contribution in [2.75, 3.05) is 24.6 Å². The molecule has 3 rings (SSSR count). The maximum atomic E-state index is 12.7. The summed E-state index contributed by atoms with van der Waals surface area (Å²) in [4.78, 5) is 14.7. The maximum absolute atomic E-state index is 12.7. The molecule has 0 saturated carbocycles. The highest BCUT2D eigenvalue weighted by Crippen LogP contribution is 2.27. The lowest BCUT2D eigenvalue weighted by Crippen LogP contribution is -2.28. The van der Waals surface area contributed by atoms with Crippen molar-refractivity contribution in [3.63, 3.8) is 0 Å². The van der Waals surface area contributed by atoms with Crippen LogP contribution < -0.4 is 10.5 Å². The van der Waals surface area contributed by atoms with Crippen LogP contribution in [0.1, 0.15) is 12.0 Å². The maximum Gasteiger partial charge on any atom is 0.292 e. The molecule has 0 radical (unpaired) electrons. The molecule has 1 aliphatic heterocycles. The van der Waals surface area contributed by atoms with Gasteiger partial charge in [-0.3, -0.25) is 4.79 Å². The number of anilines is 1. The van der Waals surface area contributed by atoms with Crippen LogP contribution in [0.25, 0.3) is 5.69 Å². The third-order valence-electron chi connectivity index (χ3n) is 4.24. The van der Waals surface area contributed by atoms with Crippen molar-refractivity contribution in [1.29, 1.82) is 0 Å². The van der Waals surface area contributed by atoms with E-state index in [4.69, 9.17) is 27.9 Å². The van der Waals surface area contributed by atoms with Crippen LogP contribution in [0, 0.1) is 6.92 Å². The molecular formula is C18H19Cl2N3O2. The van der Waals surface area contributed by atoms with Crippen molar-refractivity contribution >= 4 is 28.9 Å². The van der Waals surface area contributed by atoms with E-state index in [2.05, 4.69) is 11.7 Å². The molecule has 1 aliphatic rings. The van der Waals surface area contributed by atoms with Crippen LogP contribution in [0.4, 0.5) is 5.69 Å². The fourth-order valence-electron chi connectivity index (χ4n) is 2.83. The second kappa shape index (κ2) is 7.60. The Bertz CT molecular complexity index is 851. The largest absolute Gasteiger partial charge is 0.372 e. The minimum atomic E-state index is -0.366. The van der Waals surface area contributed by atoms with Gasteiger partial charge in [-0.1, -0.05) is 35.3 Å². The molecule has 1 atom stereocenters. The smallest absolute Gasteiger partial charge is 0.292 e. The highest BCUT2D eigenvalue weighted by molar-refractivity contribution is 6.33. The van der Waals surface area contributed by atoms with Gasteiger partial charge in [-0.25, -0.2) is 0 Å². The molecule has 0 spiro atoms. The van der Waals surface area contributed by atoms with Gasteiger partial charge in [0.1, 0.15) is 5.02 Å². The SMILES string of the molecule is C=CCOC1CCN(c2cnn(-c3ccc(C)c(Cl)c3)c(=O)c2Cl)C1. The average Bonchev–Trinajstić information content (AvgIpc) is 3.06. The lowest BCUT2D eigenvalue weighted by Gasteiger charge is -2.20. The average molecular weight is 380 g/mol. The van der Waals surface area contributed by atoms with E-state index in [1.165, 1.54) is 4.68 Å². The van der Waals surface area contributed by atoms with E-state index < -0.39 is 0 Å². The Morgan fingerprint density at radius 1 is 1.44 bits per heavy atom. The summed E-state index contributed by atoms with van der Waals surface area (Å²) in [6.45, 7) is 7.51. The molecule has 0 N–H and O–H groups in total. The van der Waals surface area contributed by atoms with Crippen molar-refractivity contribution < 1.29 is 4.74 Å². The normalized spacial score (nSPS) is 17.1. The second-order valence-electron chi connectivity index (χ2n) is 5.97. The number of ether oxygens (including phenoxy) is 1. The Labute approximate surface area is 156 Å². The Morgan fingerprint density at radius 3 is 2.96 bits per heavy atom. The summed E-state index contributed by atoms with van der Waals surface area (Å²) >= 11 is 12.5. The van der Waals surface area contributed by atoms with Crippen LogP contribution in [-0.2, 0) is 4.74 Å². The van der Waals surface area contributed by atoms with Gasteiger partial charge in [0.25, 0.3) is 5.56 Å². The molecule has 1 saturated heterocycles. The number of halogens is 2. The molecule has 1 unspecified atom stereocenters. The van der Waals surface area contributed by atoms with Crippen molar-refractivity contribution in [3.8, 4) is 5.69 Å². The molecule has 2 aromatic rings. The molecule has 25 heavy (non-hydrogen) atoms. The molecule has 1 aromatic carbocycles. The quantitative estimate of drug-likeness (QED) is 0.744. The molecule has 0 amide bonds. The van der Waals surface area contributed by atoms with E-state index in [0.717, 1.165) is 18.5 Å². The predicted octanol–water partition coefficient (Wildman–Crippen LogP) is 3.63. The topological polar surface area (TPSA) is 47.4 Å². The number of rotatable bonds is 5. The van der Waals surface area contributed by atoms with Gasteiger partial charge in [0.2, 0.25) is 0 Å². The van der Waals surface area contributed by atoms with Gasteiger partial charge in [0.05, 0.1) is 30.3 Å². The van der Waals surface area contributed by atoms with Crippen molar-refractivity contribution in [1.82, 2.24) is 9.78 Å². The van der Waals surface area contributed by atoms with Crippen molar-refractivity contribution in [2.24, 2.45) is 0 Å². The molecule has 5 nitrogen and oxygen atoms in total. The predicted molar refractivity (Wildman–Crippen MR) is 101 cm³/mol. The Morgan fingerprint density at radius 2 is 2.24 bits per heavy atom. The van der Waals surface area contributed by atoms with E-state index in [9.17, 15) is 4.79 Å². The molecular weight excluding hydrogens is 361 g/mol. The first-order chi connectivity index (χ1) is 12.0. The van der Waals surface area contributed by atoms with Crippen molar-refractivity contribution in [2.45, 2.75) is 19.4 Å². The molecule has 1 aromatic heterocycles. The van der Waals surface area contributed by atoms with Crippen LogP contribution in [0.2, 0.25) is 10.0 Å². The van der Waals surface area contributed by atoms with Crippen LogP contribution in [0.3, 0.4) is 0 Å². The number of benzene rings is 1. The van der Waals surface area contributed by atoms with E-state index >= 15 is 0 Å². The molecule has 0 bridgehead atoms. The zero-order valence-corrected chi connectivity index (χ0v) is 15.4. The summed E-state index contributed by atoms with van der Waals surface area (Å²) in [6.07, 6.45) is 4.33. The van der Waals surface area contributed by atoms with Gasteiger partial charge < -0.3 is 9.64 Å². The first-order valence-corrected chi connectivity index (χ1v) is 8.78. The monoisotopic (exact) mass is 379 g/mol. The van der Waals surface area contributed by atoms with Gasteiger partial charge >= 0.3 is 0 Å². The van der Waals surface area contributed by atoms with Crippen LogP contribution >= 0.6 is 23.2 Å². The third-order valence-corrected chi connectivity index (χ3v) is 5.00. The standard InChI is InChI=1S/C18H19Cl2N3O2/c1-3-8-25-14-6-7-22(11-14)16-10-21-23(18(24)17(16)20)13-5-4-12(2)15(19)9-13/h3-5,9-10,14H,1,6-8,11H2,2H3. The number of hydrogen-bond acceptors (Lipinski definition) is 4. The summed E-state index contributed by atoms with van der Waals surface area (Å²) in [5.74, 6) is 0. The van der Waals surface area contributed by atoms with Crippen LogP contribution in [0.15, 0.2) is 41.8 Å². The Kier molecular flexibility index (Phi) is 5.47. The van der Waals surface area contributed by atoms with Gasteiger partial charge in [-0.2, -0.15) is 9.78 Å². The molecule has 2 heterocycles. The highest BCUT2D eigenvalue weighted by Gasteiger charge is 2.26. The third kappa shape index (κ3) is 3.73. The number of hydrogen-bond donors (Lipinski definition) is 0. The van der Waals surface area contributed by atoms with E-state index in [1.807, 2.05) is 17.9 Å². The number of aromatic nitrogens is 2. The highest BCUT2D eigenvalue weighted by atomic mass is 35.5. The lowest BCUT2D eigenvalue weighted by molar-refractivity contribution is 0.0909. The molecule has 7 heteroatoms. The van der Waals surface area contributed by atoms with Gasteiger partial charge in [0.15, 0.2) is 0 Å². The summed E-state index contributed by atoms with van der Waals surface area (Å²) in [5, 5.41) is 5.00. The summed E-state index contributed by atoms with van der Waals surface area (Å²) < 4.78 is 6.93. The van der Waals surface area contributed by atoms with E-state index in [-0.39, 0.29) is 16.7 Å². The minimum Gasteiger partial charge on any atom is -0.372 e. The van der Waals surface area contributed by atoms with Crippen molar-refractivity contribution in [3.05, 3.63) is 63.0 Å². The first kappa shape index (κ1) is 18.0. The van der Waals surface area contributed by atoms with Crippen LogP contribution in [-0.4, -0.2) is 35.6 Å². The summed E-state index contributed by atoms with van der Waals surface area (Å²) in [5.41, 5.74) is 1.78. The molecule has 132 valence electrons. The van der Waals surface area contributed by atoms with E-state index in [0.29, 0.717) is 29.5 Å². The Balaban J connectivity index is 1.87. The summed E-state index contributed by atoms with van der Waals surface area (Å²) in [6, 6.07) is 5.34. The lowest BCUT2D eigenvalue weighted by atomic mass is 10.2. The van der Waals surface area contributed by atoms with Crippen LogP contribution in [0.5, 0.6) is 0 Å². The molecule has 1 fully saturated rings. The fraction of sp³-hybridized carbons (Fsp3) is 0.333. The van der Waals surface area contributed by atoms with Gasteiger partial charge in [0, 0.05) is 18.1 Å². The zero-order chi connectivity index (χ0) is 18.0. The van der Waals surface area contributed by atoms with E-state index in [1.54, 1.807) is 24.4 Å². The minimum absolute atomic E-state index is 0.104. The second-order valence-corrected chi connectivity index (χ2v) is 6.76. The fourth-order valence-corrected chi connectivity index (χ4v) is 3.25. The summed E-state index contributed by atoms with van der Waals surface area (Å²) in [7, 11) is 0. The number of nitrogens with zero attached hydrogens (tertiary/aromatic N) is 3. The number of aryl methyl sites for hydroxylation is 1. The van der Waals surface area contributed by atoms with Gasteiger partial charge in [-0.15, -0.1) is 6.58 Å². The van der Waals surface area contributed by atoms with Gasteiger partial charge in [-0.05, 0) is 31.0 Å².